The van der Waals surface area contributed by atoms with Gasteiger partial charge in [0.05, 0.1) is 0 Å². The summed E-state index contributed by atoms with van der Waals surface area (Å²) in [6, 6.07) is 0. The lowest BCUT2D eigenvalue weighted by atomic mass is 9.46. The molecule has 2 aliphatic rings. The number of allylic oxidation sites excluding steroid dienone is 4. The molecule has 2 aliphatic carbocycles. The molecule has 2 rings (SSSR count). The van der Waals surface area contributed by atoms with Crippen molar-refractivity contribution in [1.29, 1.82) is 0 Å². The van der Waals surface area contributed by atoms with Crippen molar-refractivity contribution in [2.75, 3.05) is 13.2 Å². The van der Waals surface area contributed by atoms with Gasteiger partial charge in [0.15, 0.2) is 0 Å². The summed E-state index contributed by atoms with van der Waals surface area (Å²) >= 11 is 0. The van der Waals surface area contributed by atoms with E-state index in [0.717, 1.165) is 38.5 Å². The largest absolute Gasteiger partial charge is 0.465 e. The predicted octanol–water partition coefficient (Wildman–Crippen LogP) is 5.39. The van der Waals surface area contributed by atoms with Gasteiger partial charge in [0.25, 0.3) is 0 Å². The predicted molar refractivity (Wildman–Crippen MR) is 112 cm³/mol. The van der Waals surface area contributed by atoms with Crippen LogP contribution in [0.2, 0.25) is 0 Å². The fourth-order valence-electron chi connectivity index (χ4n) is 5.59. The van der Waals surface area contributed by atoms with Gasteiger partial charge in [-0.3, -0.25) is 9.59 Å². The fraction of sp³-hybridized carbons (Fsp3) is 0.667. The normalized spacial score (nSPS) is 29.6. The summed E-state index contributed by atoms with van der Waals surface area (Å²) in [5, 5.41) is 0. The molecule has 4 heteroatoms. The lowest BCUT2D eigenvalue weighted by Crippen LogP contribution is -2.55. The minimum Gasteiger partial charge on any atom is -0.465 e. The maximum atomic E-state index is 11.6. The van der Waals surface area contributed by atoms with Crippen molar-refractivity contribution in [1.82, 2.24) is 0 Å². The van der Waals surface area contributed by atoms with Crippen LogP contribution in [0.3, 0.4) is 0 Å². The zero-order valence-corrected chi connectivity index (χ0v) is 18.0. The van der Waals surface area contributed by atoms with Gasteiger partial charge in [0.2, 0.25) is 0 Å². The molecule has 0 N–H and O–H groups in total. The van der Waals surface area contributed by atoms with Crippen molar-refractivity contribution in [3.05, 3.63) is 36.5 Å². The second-order valence-electron chi connectivity index (χ2n) is 8.97. The monoisotopic (exact) mass is 388 g/mol. The Morgan fingerprint density at radius 2 is 1.75 bits per heavy atom. The molecule has 156 valence electrons. The maximum absolute atomic E-state index is 11.6. The third kappa shape index (κ3) is 4.76. The molecule has 0 heterocycles. The summed E-state index contributed by atoms with van der Waals surface area (Å²) in [4.78, 5) is 23.1. The lowest BCUT2D eigenvalue weighted by molar-refractivity contribution is -0.170. The van der Waals surface area contributed by atoms with E-state index in [-0.39, 0.29) is 22.8 Å². The molecule has 2 saturated carbocycles. The van der Waals surface area contributed by atoms with Crippen LogP contribution in [-0.4, -0.2) is 25.2 Å². The Hall–Kier alpha value is -1.84. The number of esters is 2. The molecule has 0 radical (unpaired) electrons. The van der Waals surface area contributed by atoms with Crippen LogP contribution >= 0.6 is 0 Å². The summed E-state index contributed by atoms with van der Waals surface area (Å²) in [6.07, 6.45) is 10.1. The second-order valence-corrected chi connectivity index (χ2v) is 8.97. The second kappa shape index (κ2) is 9.11. The molecule has 0 aliphatic heterocycles. The molecule has 0 aromatic carbocycles. The highest BCUT2D eigenvalue weighted by Crippen LogP contribution is 2.62. The SMILES string of the molecule is C=CC(C)=CCC1C(=C)CCC2C(COC(C)=O)(COC(C)=O)CCCC12C. The van der Waals surface area contributed by atoms with E-state index >= 15 is 0 Å². The smallest absolute Gasteiger partial charge is 0.302 e. The van der Waals surface area contributed by atoms with E-state index in [1.807, 2.05) is 6.08 Å². The quantitative estimate of drug-likeness (QED) is 0.333. The van der Waals surface area contributed by atoms with Gasteiger partial charge in [-0.1, -0.05) is 49.8 Å². The average Bonchev–Trinajstić information content (AvgIpc) is 2.63. The van der Waals surface area contributed by atoms with Crippen LogP contribution in [0, 0.1) is 22.7 Å². The first-order chi connectivity index (χ1) is 13.1. The standard InChI is InChI=1S/C24H36O4/c1-7-17(2)9-11-21-18(3)10-12-22-23(21,6)13-8-14-24(22,15-27-19(4)25)16-28-20(5)26/h7,9,21-22H,1,3,8,10-16H2,2,4-6H3. The van der Waals surface area contributed by atoms with Crippen LogP contribution in [0.4, 0.5) is 0 Å². The van der Waals surface area contributed by atoms with E-state index in [9.17, 15) is 9.59 Å². The van der Waals surface area contributed by atoms with E-state index in [2.05, 4.69) is 33.1 Å². The highest BCUT2D eigenvalue weighted by atomic mass is 16.5. The first kappa shape index (κ1) is 22.4. The Morgan fingerprint density at radius 3 is 2.29 bits per heavy atom. The molecule has 0 aromatic rings. The van der Waals surface area contributed by atoms with E-state index < -0.39 is 0 Å². The zero-order chi connectivity index (χ0) is 20.9. The van der Waals surface area contributed by atoms with Crippen LogP contribution in [-0.2, 0) is 19.1 Å². The summed E-state index contributed by atoms with van der Waals surface area (Å²) in [7, 11) is 0. The van der Waals surface area contributed by atoms with E-state index in [1.54, 1.807) is 0 Å². The Bertz CT molecular complexity index is 642. The molecule has 4 nitrogen and oxygen atoms in total. The van der Waals surface area contributed by atoms with Crippen LogP contribution in [0.25, 0.3) is 0 Å². The average molecular weight is 389 g/mol. The minimum absolute atomic E-state index is 0.0475. The maximum Gasteiger partial charge on any atom is 0.302 e. The van der Waals surface area contributed by atoms with Gasteiger partial charge in [0, 0.05) is 19.3 Å². The molecular weight excluding hydrogens is 352 g/mol. The molecule has 0 aromatic heterocycles. The number of ether oxygens (including phenoxy) is 2. The Balaban J connectivity index is 2.38. The molecule has 28 heavy (non-hydrogen) atoms. The summed E-state index contributed by atoms with van der Waals surface area (Å²) in [6.45, 7) is 16.2. The minimum atomic E-state index is -0.319. The third-order valence-corrected chi connectivity index (χ3v) is 7.09. The molecule has 3 atom stereocenters. The molecule has 0 amide bonds. The van der Waals surface area contributed by atoms with Gasteiger partial charge in [-0.25, -0.2) is 0 Å². The molecule has 3 unspecified atom stereocenters. The van der Waals surface area contributed by atoms with Crippen molar-refractivity contribution in [3.63, 3.8) is 0 Å². The molecule has 0 saturated heterocycles. The number of carbonyl (C=O) groups excluding carboxylic acids is 2. The van der Waals surface area contributed by atoms with Crippen molar-refractivity contribution < 1.29 is 19.1 Å². The Kier molecular flexibility index (Phi) is 7.30. The van der Waals surface area contributed by atoms with E-state index in [0.29, 0.717) is 25.0 Å². The summed E-state index contributed by atoms with van der Waals surface area (Å²) < 4.78 is 11.0. The number of hydrogen-bond acceptors (Lipinski definition) is 4. The van der Waals surface area contributed by atoms with Gasteiger partial charge in [-0.15, -0.1) is 0 Å². The van der Waals surface area contributed by atoms with Gasteiger partial charge in [-0.2, -0.15) is 0 Å². The number of hydrogen-bond donors (Lipinski definition) is 0. The highest BCUT2D eigenvalue weighted by Gasteiger charge is 2.57. The van der Waals surface area contributed by atoms with Crippen molar-refractivity contribution >= 4 is 11.9 Å². The number of carbonyl (C=O) groups is 2. The third-order valence-electron chi connectivity index (χ3n) is 7.09. The zero-order valence-electron chi connectivity index (χ0n) is 18.0. The van der Waals surface area contributed by atoms with Gasteiger partial charge < -0.3 is 9.47 Å². The van der Waals surface area contributed by atoms with E-state index in [1.165, 1.54) is 25.0 Å². The van der Waals surface area contributed by atoms with Gasteiger partial charge in [0.1, 0.15) is 13.2 Å². The summed E-state index contributed by atoms with van der Waals surface area (Å²) in [5.74, 6) is 0.127. The van der Waals surface area contributed by atoms with Crippen molar-refractivity contribution in [3.8, 4) is 0 Å². The van der Waals surface area contributed by atoms with Crippen LogP contribution in [0.1, 0.15) is 66.2 Å². The highest BCUT2D eigenvalue weighted by molar-refractivity contribution is 5.66. The van der Waals surface area contributed by atoms with Crippen LogP contribution < -0.4 is 0 Å². The first-order valence-corrected chi connectivity index (χ1v) is 10.4. The lowest BCUT2D eigenvalue weighted by Gasteiger charge is -2.59. The molecule has 2 fully saturated rings. The molecular formula is C24H36O4. The van der Waals surface area contributed by atoms with Crippen molar-refractivity contribution in [2.24, 2.45) is 22.7 Å². The van der Waals surface area contributed by atoms with Crippen molar-refractivity contribution in [2.45, 2.75) is 66.2 Å². The van der Waals surface area contributed by atoms with Gasteiger partial charge in [-0.05, 0) is 56.3 Å². The van der Waals surface area contributed by atoms with Gasteiger partial charge >= 0.3 is 11.9 Å². The Morgan fingerprint density at radius 1 is 1.14 bits per heavy atom. The first-order valence-electron chi connectivity index (χ1n) is 10.4. The topological polar surface area (TPSA) is 52.6 Å². The summed E-state index contributed by atoms with van der Waals surface area (Å²) in [5.41, 5.74) is 2.22. The number of fused-ring (bicyclic) bond motifs is 1. The van der Waals surface area contributed by atoms with Crippen LogP contribution in [0.15, 0.2) is 36.5 Å². The fourth-order valence-corrected chi connectivity index (χ4v) is 5.59. The van der Waals surface area contributed by atoms with Crippen LogP contribution in [0.5, 0.6) is 0 Å². The molecule has 0 spiro atoms. The molecule has 0 bridgehead atoms. The van der Waals surface area contributed by atoms with E-state index in [4.69, 9.17) is 9.47 Å². The Labute approximate surface area is 170 Å². The number of rotatable bonds is 7.